The monoisotopic (exact) mass is 162 g/mol. The minimum absolute atomic E-state index is 0.236. The van der Waals surface area contributed by atoms with Gasteiger partial charge in [0.25, 0.3) is 0 Å². The number of anilines is 1. The zero-order chi connectivity index (χ0) is 8.55. The Kier molecular flexibility index (Phi) is 1.52. The fourth-order valence-corrected chi connectivity index (χ4v) is 1.38. The number of benzene rings is 1. The summed E-state index contributed by atoms with van der Waals surface area (Å²) in [5.41, 5.74) is 1.67. The average molecular weight is 162 g/mol. The van der Waals surface area contributed by atoms with Gasteiger partial charge in [-0.15, -0.1) is 0 Å². The third-order valence-electron chi connectivity index (χ3n) is 1.93. The lowest BCUT2D eigenvalue weighted by atomic mass is 10.1. The molecule has 1 heterocycles. The summed E-state index contributed by atoms with van der Waals surface area (Å²) in [6.07, 6.45) is 3.92. The van der Waals surface area contributed by atoms with Crippen molar-refractivity contribution in [3.8, 4) is 5.75 Å². The van der Waals surface area contributed by atoms with Crippen LogP contribution in [0.5, 0.6) is 5.75 Å². The molecule has 0 fully saturated rings. The Bertz CT molecular complexity index is 333. The van der Waals surface area contributed by atoms with Crippen molar-refractivity contribution in [2.45, 2.75) is 0 Å². The van der Waals surface area contributed by atoms with Crippen LogP contribution in [0.3, 0.4) is 0 Å². The molecule has 0 spiro atoms. The number of phenols is 1. The molecule has 3 heteroatoms. The van der Waals surface area contributed by atoms with Crippen LogP contribution in [-0.2, 0) is 0 Å². The summed E-state index contributed by atoms with van der Waals surface area (Å²) in [7, 11) is 0. The highest BCUT2D eigenvalue weighted by atomic mass is 16.3. The zero-order valence-electron chi connectivity index (χ0n) is 6.57. The van der Waals surface area contributed by atoms with E-state index < -0.39 is 0 Å². The number of para-hydroxylation sites is 1. The molecule has 0 unspecified atom stereocenters. The molecule has 3 nitrogen and oxygen atoms in total. The summed E-state index contributed by atoms with van der Waals surface area (Å²) in [6, 6.07) is 5.36. The molecule has 62 valence electrons. The van der Waals surface area contributed by atoms with E-state index in [1.807, 2.05) is 18.2 Å². The summed E-state index contributed by atoms with van der Waals surface area (Å²) < 4.78 is 0. The molecule has 0 saturated carbocycles. The lowest BCUT2D eigenvalue weighted by Crippen LogP contribution is -2.32. The van der Waals surface area contributed by atoms with Crippen molar-refractivity contribution in [3.05, 3.63) is 29.8 Å². The molecular formula is C9H10N2O. The number of phenolic OH excluding ortho intramolecular Hbond substituents is 1. The molecule has 1 aliphatic rings. The Balaban J connectivity index is 2.62. The van der Waals surface area contributed by atoms with Gasteiger partial charge in [-0.25, -0.2) is 5.84 Å². The van der Waals surface area contributed by atoms with Gasteiger partial charge in [0.05, 0.1) is 6.54 Å². The van der Waals surface area contributed by atoms with Gasteiger partial charge in [-0.3, -0.25) is 0 Å². The highest BCUT2D eigenvalue weighted by Gasteiger charge is 2.12. The second kappa shape index (κ2) is 2.53. The SMILES string of the molecule is NN1CC=Cc2cccc(O)c21. The molecule has 1 aromatic rings. The molecule has 0 radical (unpaired) electrons. The lowest BCUT2D eigenvalue weighted by molar-refractivity contribution is 0.474. The largest absolute Gasteiger partial charge is 0.506 e. The van der Waals surface area contributed by atoms with Crippen LogP contribution in [0.2, 0.25) is 0 Å². The number of rotatable bonds is 0. The van der Waals surface area contributed by atoms with Crippen LogP contribution >= 0.6 is 0 Å². The molecule has 0 aliphatic carbocycles. The Morgan fingerprint density at radius 2 is 2.25 bits per heavy atom. The van der Waals surface area contributed by atoms with E-state index in [-0.39, 0.29) is 5.75 Å². The van der Waals surface area contributed by atoms with E-state index in [1.165, 1.54) is 5.01 Å². The number of hydrazine groups is 1. The van der Waals surface area contributed by atoms with Gasteiger partial charge < -0.3 is 10.1 Å². The number of aromatic hydroxyl groups is 1. The Morgan fingerprint density at radius 1 is 1.42 bits per heavy atom. The van der Waals surface area contributed by atoms with Crippen LogP contribution < -0.4 is 10.9 Å². The highest BCUT2D eigenvalue weighted by molar-refractivity contribution is 5.75. The van der Waals surface area contributed by atoms with E-state index in [0.717, 1.165) is 5.56 Å². The summed E-state index contributed by atoms with van der Waals surface area (Å²) in [5.74, 6) is 5.90. The van der Waals surface area contributed by atoms with Crippen molar-refractivity contribution in [2.75, 3.05) is 11.6 Å². The molecule has 1 aromatic carbocycles. The summed E-state index contributed by atoms with van der Waals surface area (Å²) in [4.78, 5) is 0. The van der Waals surface area contributed by atoms with Crippen molar-refractivity contribution in [1.29, 1.82) is 0 Å². The fourth-order valence-electron chi connectivity index (χ4n) is 1.38. The van der Waals surface area contributed by atoms with Gasteiger partial charge in [0.1, 0.15) is 11.4 Å². The van der Waals surface area contributed by atoms with Gasteiger partial charge in [0.2, 0.25) is 0 Å². The van der Waals surface area contributed by atoms with Gasteiger partial charge in [-0.05, 0) is 6.07 Å². The van der Waals surface area contributed by atoms with Gasteiger partial charge in [0, 0.05) is 5.56 Å². The maximum absolute atomic E-state index is 9.47. The van der Waals surface area contributed by atoms with Gasteiger partial charge in [0.15, 0.2) is 0 Å². The Hall–Kier alpha value is -1.48. The molecule has 2 rings (SSSR count). The van der Waals surface area contributed by atoms with Crippen LogP contribution in [0.1, 0.15) is 5.56 Å². The first kappa shape index (κ1) is 7.18. The summed E-state index contributed by atoms with van der Waals surface area (Å²) in [6.45, 7) is 0.643. The molecule has 0 aromatic heterocycles. The maximum atomic E-state index is 9.47. The maximum Gasteiger partial charge on any atom is 0.140 e. The molecule has 0 bridgehead atoms. The highest BCUT2D eigenvalue weighted by Crippen LogP contribution is 2.32. The Morgan fingerprint density at radius 3 is 3.00 bits per heavy atom. The van der Waals surface area contributed by atoms with E-state index in [0.29, 0.717) is 12.2 Å². The predicted molar refractivity (Wildman–Crippen MR) is 48.7 cm³/mol. The van der Waals surface area contributed by atoms with Gasteiger partial charge >= 0.3 is 0 Å². The van der Waals surface area contributed by atoms with E-state index >= 15 is 0 Å². The zero-order valence-corrected chi connectivity index (χ0v) is 6.57. The van der Waals surface area contributed by atoms with Crippen LogP contribution in [0.4, 0.5) is 5.69 Å². The lowest BCUT2D eigenvalue weighted by Gasteiger charge is -2.23. The van der Waals surface area contributed by atoms with Gasteiger partial charge in [-0.2, -0.15) is 0 Å². The predicted octanol–water partition coefficient (Wildman–Crippen LogP) is 1.10. The Labute approximate surface area is 70.7 Å². The van der Waals surface area contributed by atoms with E-state index in [4.69, 9.17) is 5.84 Å². The van der Waals surface area contributed by atoms with Crippen molar-refractivity contribution < 1.29 is 5.11 Å². The number of hydrogen-bond donors (Lipinski definition) is 2. The summed E-state index contributed by atoms with van der Waals surface area (Å²) in [5, 5.41) is 11.0. The minimum Gasteiger partial charge on any atom is -0.506 e. The molecule has 0 atom stereocenters. The fraction of sp³-hybridized carbons (Fsp3) is 0.111. The van der Waals surface area contributed by atoms with Crippen LogP contribution in [0.25, 0.3) is 6.08 Å². The van der Waals surface area contributed by atoms with E-state index in [9.17, 15) is 5.11 Å². The van der Waals surface area contributed by atoms with Crippen LogP contribution in [-0.4, -0.2) is 11.7 Å². The smallest absolute Gasteiger partial charge is 0.140 e. The molecular weight excluding hydrogens is 152 g/mol. The standard InChI is InChI=1S/C9H10N2O/c10-11-6-2-4-7-3-1-5-8(12)9(7)11/h1-5,12H,6,10H2. The first-order valence-corrected chi connectivity index (χ1v) is 3.80. The van der Waals surface area contributed by atoms with Crippen LogP contribution in [0.15, 0.2) is 24.3 Å². The second-order valence-electron chi connectivity index (χ2n) is 2.77. The third kappa shape index (κ3) is 0.950. The van der Waals surface area contributed by atoms with Crippen molar-refractivity contribution >= 4 is 11.8 Å². The first-order valence-electron chi connectivity index (χ1n) is 3.80. The number of nitrogens with zero attached hydrogens (tertiary/aromatic N) is 1. The minimum atomic E-state index is 0.236. The first-order chi connectivity index (χ1) is 5.79. The molecule has 0 saturated heterocycles. The number of fused-ring (bicyclic) bond motifs is 1. The second-order valence-corrected chi connectivity index (χ2v) is 2.77. The molecule has 3 N–H and O–H groups in total. The topological polar surface area (TPSA) is 49.5 Å². The quantitative estimate of drug-likeness (QED) is 0.561. The molecule has 12 heavy (non-hydrogen) atoms. The van der Waals surface area contributed by atoms with Crippen LogP contribution in [0, 0.1) is 0 Å². The molecule has 1 aliphatic heterocycles. The van der Waals surface area contributed by atoms with Crippen molar-refractivity contribution in [3.63, 3.8) is 0 Å². The average Bonchev–Trinajstić information content (AvgIpc) is 2.04. The van der Waals surface area contributed by atoms with E-state index in [2.05, 4.69) is 0 Å². The molecule has 0 amide bonds. The van der Waals surface area contributed by atoms with Crippen molar-refractivity contribution in [1.82, 2.24) is 0 Å². The normalized spacial score (nSPS) is 14.6. The summed E-state index contributed by atoms with van der Waals surface area (Å²) >= 11 is 0. The van der Waals surface area contributed by atoms with Crippen molar-refractivity contribution in [2.24, 2.45) is 5.84 Å². The number of nitrogens with two attached hydrogens (primary N) is 1. The number of hydrogen-bond acceptors (Lipinski definition) is 3. The van der Waals surface area contributed by atoms with Gasteiger partial charge in [-0.1, -0.05) is 24.3 Å². The van der Waals surface area contributed by atoms with E-state index in [1.54, 1.807) is 12.1 Å². The third-order valence-corrected chi connectivity index (χ3v) is 1.93.